The molecule has 0 aliphatic heterocycles. The Morgan fingerprint density at radius 3 is 2.38 bits per heavy atom. The minimum absolute atomic E-state index is 0.312. The van der Waals surface area contributed by atoms with Gasteiger partial charge in [0.1, 0.15) is 5.82 Å². The van der Waals surface area contributed by atoms with Gasteiger partial charge in [-0.2, -0.15) is 0 Å². The number of hydrogen-bond acceptors (Lipinski definition) is 1. The molecule has 0 aliphatic carbocycles. The first-order valence-electron chi connectivity index (χ1n) is 6.75. The molecule has 118 valence electrons. The molecule has 2 nitrogen and oxygen atoms in total. The first-order chi connectivity index (χ1) is 9.45. The Bertz CT molecular complexity index is 568. The molecule has 1 aromatic rings. The lowest BCUT2D eigenvalue weighted by molar-refractivity contribution is 0.435. The summed E-state index contributed by atoms with van der Waals surface area (Å²) in [7, 11) is -1.24. The van der Waals surface area contributed by atoms with Crippen molar-refractivity contribution < 1.29 is 8.60 Å². The van der Waals surface area contributed by atoms with E-state index in [1.807, 2.05) is 34.6 Å². The third kappa shape index (κ3) is 5.01. The van der Waals surface area contributed by atoms with E-state index in [0.29, 0.717) is 10.9 Å². The Balaban J connectivity index is 3.22. The van der Waals surface area contributed by atoms with Crippen LogP contribution in [0.1, 0.15) is 46.6 Å². The molecule has 0 radical (unpaired) electrons. The normalized spacial score (nSPS) is 16.3. The minimum atomic E-state index is -1.24. The van der Waals surface area contributed by atoms with Crippen molar-refractivity contribution in [2.75, 3.05) is 0 Å². The number of hydrogen-bond donors (Lipinski definition) is 1. The molecule has 1 N–H and O–H groups in total. The maximum absolute atomic E-state index is 13.5. The summed E-state index contributed by atoms with van der Waals surface area (Å²) in [6.07, 6.45) is 0.618. The van der Waals surface area contributed by atoms with Gasteiger partial charge in [0.25, 0.3) is 0 Å². The van der Waals surface area contributed by atoms with Crippen molar-refractivity contribution in [1.29, 1.82) is 0 Å². The Hall–Kier alpha value is -0.520. The van der Waals surface area contributed by atoms with Crippen molar-refractivity contribution in [3.8, 4) is 0 Å². The van der Waals surface area contributed by atoms with Crippen LogP contribution >= 0.6 is 15.9 Å². The van der Waals surface area contributed by atoms with Crippen LogP contribution in [0.2, 0.25) is 0 Å². The van der Waals surface area contributed by atoms with Crippen molar-refractivity contribution >= 4 is 26.9 Å². The third-order valence-corrected chi connectivity index (χ3v) is 5.44. The molecule has 1 rings (SSSR count). The molecule has 0 spiro atoms. The van der Waals surface area contributed by atoms with Crippen molar-refractivity contribution in [3.63, 3.8) is 0 Å². The van der Waals surface area contributed by atoms with Gasteiger partial charge >= 0.3 is 0 Å². The summed E-state index contributed by atoms with van der Waals surface area (Å²) in [6, 6.07) is 4.86. The molecule has 0 heterocycles. The SMILES string of the molecule is C=C(C)C[C@](C)(N[S@@](=O)C(C)(C)C)c1ccc(F)c(Br)c1. The summed E-state index contributed by atoms with van der Waals surface area (Å²) >= 11 is 3.21. The van der Waals surface area contributed by atoms with Gasteiger partial charge in [-0.05, 0) is 74.7 Å². The van der Waals surface area contributed by atoms with Crippen LogP contribution in [0.5, 0.6) is 0 Å². The van der Waals surface area contributed by atoms with E-state index in [4.69, 9.17) is 0 Å². The average molecular weight is 376 g/mol. The topological polar surface area (TPSA) is 29.1 Å². The van der Waals surface area contributed by atoms with Gasteiger partial charge in [-0.15, -0.1) is 6.58 Å². The Morgan fingerprint density at radius 1 is 1.38 bits per heavy atom. The first-order valence-corrected chi connectivity index (χ1v) is 8.69. The number of nitrogens with one attached hydrogen (secondary N) is 1. The van der Waals surface area contributed by atoms with Crippen molar-refractivity contribution in [2.45, 2.75) is 51.3 Å². The lowest BCUT2D eigenvalue weighted by Crippen LogP contribution is -2.46. The summed E-state index contributed by atoms with van der Waals surface area (Å²) in [4.78, 5) is 0. The molecule has 0 unspecified atom stereocenters. The Kier molecular flexibility index (Phi) is 5.92. The fourth-order valence-electron chi connectivity index (χ4n) is 2.00. The zero-order valence-corrected chi connectivity index (χ0v) is 15.6. The second-order valence-electron chi connectivity index (χ2n) is 6.58. The number of benzene rings is 1. The van der Waals surface area contributed by atoms with Crippen LogP contribution in [0, 0.1) is 5.82 Å². The van der Waals surface area contributed by atoms with Crippen LogP contribution in [0.25, 0.3) is 0 Å². The molecule has 0 saturated carbocycles. The zero-order chi connectivity index (χ0) is 16.4. The highest BCUT2D eigenvalue weighted by molar-refractivity contribution is 9.10. The third-order valence-electron chi connectivity index (χ3n) is 3.09. The fourth-order valence-corrected chi connectivity index (χ4v) is 3.28. The predicted octanol–water partition coefficient (Wildman–Crippen LogP) is 4.82. The highest BCUT2D eigenvalue weighted by Crippen LogP contribution is 2.32. The van der Waals surface area contributed by atoms with E-state index < -0.39 is 16.5 Å². The number of halogens is 2. The Labute approximate surface area is 137 Å². The molecule has 0 saturated heterocycles. The zero-order valence-electron chi connectivity index (χ0n) is 13.2. The van der Waals surface area contributed by atoms with E-state index in [0.717, 1.165) is 11.1 Å². The van der Waals surface area contributed by atoms with Gasteiger partial charge in [-0.25, -0.2) is 13.3 Å². The number of rotatable bonds is 5. The van der Waals surface area contributed by atoms with E-state index in [9.17, 15) is 8.60 Å². The lowest BCUT2D eigenvalue weighted by atomic mass is 9.87. The summed E-state index contributed by atoms with van der Waals surface area (Å²) in [5.41, 5.74) is 1.27. The summed E-state index contributed by atoms with van der Waals surface area (Å²) in [5, 5.41) is 0. The van der Waals surface area contributed by atoms with Crippen LogP contribution in [-0.4, -0.2) is 8.96 Å². The lowest BCUT2D eigenvalue weighted by Gasteiger charge is -2.34. The van der Waals surface area contributed by atoms with Crippen LogP contribution < -0.4 is 4.72 Å². The quantitative estimate of drug-likeness (QED) is 0.734. The van der Waals surface area contributed by atoms with Gasteiger partial charge in [-0.1, -0.05) is 11.6 Å². The highest BCUT2D eigenvalue weighted by atomic mass is 79.9. The molecule has 0 aromatic heterocycles. The van der Waals surface area contributed by atoms with Crippen molar-refractivity contribution in [1.82, 2.24) is 4.72 Å². The van der Waals surface area contributed by atoms with Crippen LogP contribution in [0.15, 0.2) is 34.8 Å². The molecule has 21 heavy (non-hydrogen) atoms. The summed E-state index contributed by atoms with van der Waals surface area (Å²) in [5.74, 6) is -0.312. The van der Waals surface area contributed by atoms with Crippen LogP contribution in [0.3, 0.4) is 0 Å². The Morgan fingerprint density at radius 2 is 1.95 bits per heavy atom. The van der Waals surface area contributed by atoms with E-state index in [-0.39, 0.29) is 10.6 Å². The van der Waals surface area contributed by atoms with Crippen molar-refractivity contribution in [2.24, 2.45) is 0 Å². The fraction of sp³-hybridized carbons (Fsp3) is 0.500. The van der Waals surface area contributed by atoms with Gasteiger partial charge in [0.2, 0.25) is 0 Å². The summed E-state index contributed by atoms with van der Waals surface area (Å²) in [6.45, 7) is 13.6. The smallest absolute Gasteiger partial charge is 0.137 e. The van der Waals surface area contributed by atoms with Gasteiger partial charge < -0.3 is 0 Å². The molecule has 5 heteroatoms. The largest absolute Gasteiger partial charge is 0.242 e. The molecular weight excluding hydrogens is 353 g/mol. The van der Waals surface area contributed by atoms with Gasteiger partial charge in [-0.3, -0.25) is 0 Å². The maximum Gasteiger partial charge on any atom is 0.137 e. The molecule has 1 aromatic carbocycles. The molecule has 0 amide bonds. The first kappa shape index (κ1) is 18.5. The molecule has 0 fully saturated rings. The average Bonchev–Trinajstić information content (AvgIpc) is 2.30. The van der Waals surface area contributed by atoms with Gasteiger partial charge in [0.15, 0.2) is 0 Å². The van der Waals surface area contributed by atoms with E-state index in [2.05, 4.69) is 27.2 Å². The van der Waals surface area contributed by atoms with E-state index in [1.165, 1.54) is 6.07 Å². The maximum atomic E-state index is 13.5. The van der Waals surface area contributed by atoms with E-state index >= 15 is 0 Å². The second kappa shape index (κ2) is 6.71. The molecular formula is C16H23BrFNOS. The summed E-state index contributed by atoms with van der Waals surface area (Å²) < 4.78 is 29.1. The molecule has 0 bridgehead atoms. The van der Waals surface area contributed by atoms with Gasteiger partial charge in [0, 0.05) is 0 Å². The standard InChI is InChI=1S/C16H23BrFNOS/c1-11(2)10-16(6,19-21(20)15(3,4)5)12-7-8-14(18)13(17)9-12/h7-9,19H,1,10H2,2-6H3/t16-,21-/m0/s1. The molecule has 0 aliphatic rings. The highest BCUT2D eigenvalue weighted by Gasteiger charge is 2.32. The monoisotopic (exact) mass is 375 g/mol. The molecule has 2 atom stereocenters. The van der Waals surface area contributed by atoms with Crippen LogP contribution in [-0.2, 0) is 16.5 Å². The second-order valence-corrected chi connectivity index (χ2v) is 9.40. The van der Waals surface area contributed by atoms with E-state index in [1.54, 1.807) is 12.1 Å². The van der Waals surface area contributed by atoms with Crippen molar-refractivity contribution in [3.05, 3.63) is 46.2 Å². The minimum Gasteiger partial charge on any atom is -0.242 e. The predicted molar refractivity (Wildman–Crippen MR) is 91.9 cm³/mol. The van der Waals surface area contributed by atoms with Crippen LogP contribution in [0.4, 0.5) is 4.39 Å². The van der Waals surface area contributed by atoms with Gasteiger partial charge in [0.05, 0.1) is 25.7 Å².